The number of nitrogens with two attached hydrogens (primary N) is 1. The minimum atomic E-state index is 0.396. The third-order valence-corrected chi connectivity index (χ3v) is 2.35. The second kappa shape index (κ2) is 7.30. The molecule has 0 aliphatic heterocycles. The molecule has 80 valence electrons. The molecule has 0 atom stereocenters. The number of rotatable bonds is 8. The smallest absolute Gasteiger partial charge is 0.0102 e. The van der Waals surface area contributed by atoms with Gasteiger partial charge in [-0.1, -0.05) is 20.8 Å². The highest BCUT2D eigenvalue weighted by Crippen LogP contribution is 2.23. The molecule has 0 aliphatic carbocycles. The molecule has 0 aromatic carbocycles. The van der Waals surface area contributed by atoms with Crippen molar-refractivity contribution in [2.45, 2.75) is 40.0 Å². The van der Waals surface area contributed by atoms with Crippen LogP contribution < -0.4 is 16.6 Å². The third-order valence-electron chi connectivity index (χ3n) is 2.35. The van der Waals surface area contributed by atoms with Crippen LogP contribution in [-0.4, -0.2) is 19.6 Å². The SMILES string of the molecule is CCCNCCC(C)(C)CCNN. The Morgan fingerprint density at radius 2 is 1.69 bits per heavy atom. The van der Waals surface area contributed by atoms with Crippen LogP contribution in [0.4, 0.5) is 0 Å². The molecule has 0 radical (unpaired) electrons. The first-order valence-corrected chi connectivity index (χ1v) is 5.26. The number of nitrogens with one attached hydrogen (secondary N) is 2. The van der Waals surface area contributed by atoms with Crippen molar-refractivity contribution in [1.82, 2.24) is 10.7 Å². The van der Waals surface area contributed by atoms with Gasteiger partial charge in [0.05, 0.1) is 0 Å². The fraction of sp³-hybridized carbons (Fsp3) is 1.00. The van der Waals surface area contributed by atoms with Gasteiger partial charge in [-0.15, -0.1) is 0 Å². The summed E-state index contributed by atoms with van der Waals surface area (Å²) in [6, 6.07) is 0. The van der Waals surface area contributed by atoms with Crippen molar-refractivity contribution in [3.63, 3.8) is 0 Å². The topological polar surface area (TPSA) is 50.1 Å². The summed E-state index contributed by atoms with van der Waals surface area (Å²) in [7, 11) is 0. The normalized spacial score (nSPS) is 12.0. The predicted octanol–water partition coefficient (Wildman–Crippen LogP) is 1.26. The van der Waals surface area contributed by atoms with Crippen LogP contribution in [0.25, 0.3) is 0 Å². The van der Waals surface area contributed by atoms with Gasteiger partial charge in [-0.05, 0) is 37.8 Å². The standard InChI is InChI=1S/C10H25N3/c1-4-7-12-8-5-10(2,3)6-9-13-11/h12-13H,4-9,11H2,1-3H3. The molecule has 0 aromatic heterocycles. The summed E-state index contributed by atoms with van der Waals surface area (Å²) in [4.78, 5) is 0. The second-order valence-corrected chi connectivity index (χ2v) is 4.37. The molecule has 3 heteroatoms. The van der Waals surface area contributed by atoms with Gasteiger partial charge >= 0.3 is 0 Å². The summed E-state index contributed by atoms with van der Waals surface area (Å²) < 4.78 is 0. The lowest BCUT2D eigenvalue weighted by atomic mass is 9.86. The minimum absolute atomic E-state index is 0.396. The van der Waals surface area contributed by atoms with Gasteiger partial charge in [0.15, 0.2) is 0 Å². The molecule has 0 bridgehead atoms. The number of hydrogen-bond acceptors (Lipinski definition) is 3. The van der Waals surface area contributed by atoms with E-state index in [1.54, 1.807) is 0 Å². The van der Waals surface area contributed by atoms with E-state index in [4.69, 9.17) is 5.84 Å². The molecule has 3 nitrogen and oxygen atoms in total. The van der Waals surface area contributed by atoms with Crippen molar-refractivity contribution < 1.29 is 0 Å². The first kappa shape index (κ1) is 12.9. The first-order valence-electron chi connectivity index (χ1n) is 5.26. The van der Waals surface area contributed by atoms with E-state index in [1.165, 1.54) is 12.8 Å². The van der Waals surface area contributed by atoms with Crippen molar-refractivity contribution >= 4 is 0 Å². The molecular weight excluding hydrogens is 162 g/mol. The van der Waals surface area contributed by atoms with E-state index in [0.29, 0.717) is 5.41 Å². The molecule has 0 heterocycles. The highest BCUT2D eigenvalue weighted by atomic mass is 15.2. The zero-order chi connectivity index (χ0) is 10.2. The van der Waals surface area contributed by atoms with Gasteiger partial charge in [0.25, 0.3) is 0 Å². The molecule has 0 rings (SSSR count). The number of hydrogen-bond donors (Lipinski definition) is 3. The Kier molecular flexibility index (Phi) is 7.23. The minimum Gasteiger partial charge on any atom is -0.317 e. The molecule has 4 N–H and O–H groups in total. The van der Waals surface area contributed by atoms with Gasteiger partial charge < -0.3 is 5.32 Å². The van der Waals surface area contributed by atoms with Crippen LogP contribution in [0, 0.1) is 5.41 Å². The number of hydrazine groups is 1. The molecular formula is C10H25N3. The zero-order valence-electron chi connectivity index (χ0n) is 9.32. The van der Waals surface area contributed by atoms with Crippen molar-refractivity contribution in [3.8, 4) is 0 Å². The van der Waals surface area contributed by atoms with Crippen molar-refractivity contribution in [3.05, 3.63) is 0 Å². The Bertz CT molecular complexity index is 113. The maximum absolute atomic E-state index is 5.25. The van der Waals surface area contributed by atoms with E-state index in [2.05, 4.69) is 31.5 Å². The molecule has 13 heavy (non-hydrogen) atoms. The monoisotopic (exact) mass is 187 g/mol. The predicted molar refractivity (Wildman–Crippen MR) is 58.4 cm³/mol. The van der Waals surface area contributed by atoms with E-state index in [-0.39, 0.29) is 0 Å². The summed E-state index contributed by atoms with van der Waals surface area (Å²) >= 11 is 0. The zero-order valence-corrected chi connectivity index (χ0v) is 9.32. The average molecular weight is 187 g/mol. The highest BCUT2D eigenvalue weighted by Gasteiger charge is 2.15. The largest absolute Gasteiger partial charge is 0.317 e. The van der Waals surface area contributed by atoms with E-state index in [0.717, 1.165) is 26.1 Å². The summed E-state index contributed by atoms with van der Waals surface area (Å²) in [5.41, 5.74) is 3.10. The summed E-state index contributed by atoms with van der Waals surface area (Å²) in [6.45, 7) is 9.92. The maximum Gasteiger partial charge on any atom is 0.0102 e. The summed E-state index contributed by atoms with van der Waals surface area (Å²) in [5, 5.41) is 3.42. The molecule has 0 spiro atoms. The summed E-state index contributed by atoms with van der Waals surface area (Å²) in [5.74, 6) is 5.25. The van der Waals surface area contributed by atoms with Gasteiger partial charge in [0, 0.05) is 6.54 Å². The van der Waals surface area contributed by atoms with E-state index in [9.17, 15) is 0 Å². The fourth-order valence-corrected chi connectivity index (χ4v) is 1.26. The third kappa shape index (κ3) is 8.22. The van der Waals surface area contributed by atoms with Gasteiger partial charge in [0.1, 0.15) is 0 Å². The van der Waals surface area contributed by atoms with Crippen LogP contribution in [0.5, 0.6) is 0 Å². The Balaban J connectivity index is 3.39. The van der Waals surface area contributed by atoms with Crippen LogP contribution in [0.15, 0.2) is 0 Å². The first-order chi connectivity index (χ1) is 6.12. The molecule has 0 amide bonds. The van der Waals surface area contributed by atoms with Gasteiger partial charge in [-0.3, -0.25) is 11.3 Å². The van der Waals surface area contributed by atoms with Crippen molar-refractivity contribution in [2.24, 2.45) is 11.3 Å². The Morgan fingerprint density at radius 1 is 1.08 bits per heavy atom. The van der Waals surface area contributed by atoms with Crippen LogP contribution in [0.2, 0.25) is 0 Å². The molecule has 0 fully saturated rings. The quantitative estimate of drug-likeness (QED) is 0.304. The van der Waals surface area contributed by atoms with Crippen molar-refractivity contribution in [2.75, 3.05) is 19.6 Å². The molecule has 0 saturated carbocycles. The van der Waals surface area contributed by atoms with Gasteiger partial charge in [-0.2, -0.15) is 0 Å². The maximum atomic E-state index is 5.25. The molecule has 0 aliphatic rings. The lowest BCUT2D eigenvalue weighted by Gasteiger charge is -2.24. The Morgan fingerprint density at radius 3 is 2.23 bits per heavy atom. The Labute approximate surface area is 82.4 Å². The average Bonchev–Trinajstić information content (AvgIpc) is 2.09. The highest BCUT2D eigenvalue weighted by molar-refractivity contribution is 4.70. The van der Waals surface area contributed by atoms with Gasteiger partial charge in [-0.25, -0.2) is 0 Å². The van der Waals surface area contributed by atoms with Gasteiger partial charge in [0.2, 0.25) is 0 Å². The lowest BCUT2D eigenvalue weighted by Crippen LogP contribution is -2.29. The van der Waals surface area contributed by atoms with Crippen molar-refractivity contribution in [1.29, 1.82) is 0 Å². The molecule has 0 aromatic rings. The Hall–Kier alpha value is -0.120. The van der Waals surface area contributed by atoms with E-state index in [1.807, 2.05) is 0 Å². The van der Waals surface area contributed by atoms with Crippen LogP contribution in [-0.2, 0) is 0 Å². The summed E-state index contributed by atoms with van der Waals surface area (Å²) in [6.07, 6.45) is 3.57. The van der Waals surface area contributed by atoms with E-state index >= 15 is 0 Å². The van der Waals surface area contributed by atoms with Crippen LogP contribution in [0.3, 0.4) is 0 Å². The molecule has 0 unspecified atom stereocenters. The lowest BCUT2D eigenvalue weighted by molar-refractivity contribution is 0.298. The molecule has 0 saturated heterocycles. The second-order valence-electron chi connectivity index (χ2n) is 4.37. The van der Waals surface area contributed by atoms with Crippen LogP contribution >= 0.6 is 0 Å². The van der Waals surface area contributed by atoms with Crippen LogP contribution in [0.1, 0.15) is 40.0 Å². The van der Waals surface area contributed by atoms with E-state index < -0.39 is 0 Å². The fourth-order valence-electron chi connectivity index (χ4n) is 1.26.